The zero-order chi connectivity index (χ0) is 28.0. The van der Waals surface area contributed by atoms with Crippen LogP contribution in [0.4, 0.5) is 26.3 Å². The lowest BCUT2D eigenvalue weighted by Gasteiger charge is -2.37. The van der Waals surface area contributed by atoms with Crippen LogP contribution in [0, 0.1) is 5.92 Å². The van der Waals surface area contributed by atoms with Gasteiger partial charge in [-0.15, -0.1) is 0 Å². The Morgan fingerprint density at radius 2 is 1.11 bits per heavy atom. The highest BCUT2D eigenvalue weighted by molar-refractivity contribution is 5.33. The van der Waals surface area contributed by atoms with Gasteiger partial charge in [0.15, 0.2) is 0 Å². The molecule has 0 aliphatic carbocycles. The highest BCUT2D eigenvalue weighted by atomic mass is 19.4. The smallest absolute Gasteiger partial charge is 0.331 e. The van der Waals surface area contributed by atoms with E-state index in [0.29, 0.717) is 19.4 Å². The van der Waals surface area contributed by atoms with E-state index in [1.54, 1.807) is 14.2 Å². The number of methoxy groups -OCH3 is 2. The van der Waals surface area contributed by atoms with Crippen molar-refractivity contribution in [2.45, 2.75) is 116 Å². The molecule has 0 aromatic heterocycles. The molecule has 0 fully saturated rings. The van der Waals surface area contributed by atoms with Crippen molar-refractivity contribution in [3.8, 4) is 0 Å². The number of hydrogen-bond donors (Lipinski definition) is 0. The first-order valence-corrected chi connectivity index (χ1v) is 13.5. The third-order valence-corrected chi connectivity index (χ3v) is 6.74. The maximum Gasteiger partial charge on any atom is 0.416 e. The summed E-state index contributed by atoms with van der Waals surface area (Å²) in [5, 5.41) is 0. The van der Waals surface area contributed by atoms with Crippen LogP contribution in [0.5, 0.6) is 0 Å². The van der Waals surface area contributed by atoms with Crippen LogP contribution in [0.3, 0.4) is 0 Å². The first-order valence-electron chi connectivity index (χ1n) is 13.5. The van der Waals surface area contributed by atoms with Crippen molar-refractivity contribution in [3.05, 3.63) is 34.9 Å². The lowest BCUT2D eigenvalue weighted by Crippen LogP contribution is -2.45. The highest BCUT2D eigenvalue weighted by Gasteiger charge is 2.40. The van der Waals surface area contributed by atoms with Gasteiger partial charge >= 0.3 is 12.4 Å². The van der Waals surface area contributed by atoms with Crippen molar-refractivity contribution in [3.63, 3.8) is 0 Å². The van der Waals surface area contributed by atoms with Gasteiger partial charge in [0.25, 0.3) is 5.97 Å². The van der Waals surface area contributed by atoms with Crippen LogP contribution >= 0.6 is 0 Å². The molecule has 0 saturated heterocycles. The van der Waals surface area contributed by atoms with E-state index in [4.69, 9.17) is 14.2 Å². The van der Waals surface area contributed by atoms with Crippen molar-refractivity contribution in [1.29, 1.82) is 0 Å². The van der Waals surface area contributed by atoms with Gasteiger partial charge in [-0.2, -0.15) is 26.3 Å². The van der Waals surface area contributed by atoms with Gasteiger partial charge < -0.3 is 14.2 Å². The molecule has 37 heavy (non-hydrogen) atoms. The fourth-order valence-electron chi connectivity index (χ4n) is 4.76. The fraction of sp³-hybridized carbons (Fsp3) is 0.786. The average Bonchev–Trinajstić information content (AvgIpc) is 2.84. The molecule has 3 nitrogen and oxygen atoms in total. The van der Waals surface area contributed by atoms with Gasteiger partial charge in [-0.1, -0.05) is 64.7 Å². The summed E-state index contributed by atoms with van der Waals surface area (Å²) in [6.45, 7) is 4.50. The number of rotatable bonds is 19. The Kier molecular flexibility index (Phi) is 15.1. The van der Waals surface area contributed by atoms with Gasteiger partial charge in [0.05, 0.1) is 11.1 Å². The topological polar surface area (TPSA) is 27.7 Å². The number of alkyl halides is 6. The molecule has 1 unspecified atom stereocenters. The van der Waals surface area contributed by atoms with Crippen molar-refractivity contribution in [2.24, 2.45) is 5.92 Å². The Hall–Kier alpha value is -1.32. The van der Waals surface area contributed by atoms with Crippen LogP contribution in [0.25, 0.3) is 0 Å². The van der Waals surface area contributed by atoms with E-state index in [1.807, 2.05) is 6.92 Å². The quantitative estimate of drug-likeness (QED) is 0.0990. The van der Waals surface area contributed by atoms with E-state index in [1.165, 1.54) is 25.7 Å². The SMILES string of the molecule is CCCCCCCCC(CCCCCCc1cc(C(F)(F)F)cc(C(F)(F)F)c1)C(OC)(OC)OCC. The third kappa shape index (κ3) is 11.9. The maximum absolute atomic E-state index is 13.1. The minimum Gasteiger partial charge on any atom is -0.331 e. The van der Waals surface area contributed by atoms with Crippen LogP contribution in [-0.2, 0) is 33.0 Å². The molecule has 0 N–H and O–H groups in total. The molecule has 0 bridgehead atoms. The molecular weight excluding hydrogens is 498 g/mol. The summed E-state index contributed by atoms with van der Waals surface area (Å²) in [6, 6.07) is 1.81. The number of benzene rings is 1. The monoisotopic (exact) mass is 542 g/mol. The molecule has 0 radical (unpaired) electrons. The van der Waals surface area contributed by atoms with Crippen LogP contribution < -0.4 is 0 Å². The van der Waals surface area contributed by atoms with E-state index >= 15 is 0 Å². The lowest BCUT2D eigenvalue weighted by atomic mass is 9.91. The summed E-state index contributed by atoms with van der Waals surface area (Å²) >= 11 is 0. The molecule has 0 spiro atoms. The summed E-state index contributed by atoms with van der Waals surface area (Å²) < 4.78 is 95.7. The molecule has 0 aliphatic heterocycles. The molecule has 1 aromatic carbocycles. The molecular formula is C28H44F6O3. The number of unbranched alkanes of at least 4 members (excludes halogenated alkanes) is 8. The Morgan fingerprint density at radius 3 is 1.54 bits per heavy atom. The predicted molar refractivity (Wildman–Crippen MR) is 133 cm³/mol. The molecule has 1 aromatic rings. The van der Waals surface area contributed by atoms with Crippen LogP contribution in [-0.4, -0.2) is 26.8 Å². The second kappa shape index (κ2) is 16.6. The largest absolute Gasteiger partial charge is 0.416 e. The summed E-state index contributed by atoms with van der Waals surface area (Å²) in [7, 11) is 3.13. The zero-order valence-corrected chi connectivity index (χ0v) is 22.7. The zero-order valence-electron chi connectivity index (χ0n) is 22.7. The van der Waals surface area contributed by atoms with E-state index in [-0.39, 0.29) is 24.0 Å². The summed E-state index contributed by atoms with van der Waals surface area (Å²) in [4.78, 5) is 0. The number of aryl methyl sites for hydroxylation is 1. The number of ether oxygens (including phenoxy) is 3. The van der Waals surface area contributed by atoms with Gasteiger partial charge in [0.1, 0.15) is 0 Å². The Bertz CT molecular complexity index is 712. The fourth-order valence-corrected chi connectivity index (χ4v) is 4.76. The second-order valence-corrected chi connectivity index (χ2v) is 9.57. The molecule has 0 amide bonds. The van der Waals surface area contributed by atoms with Gasteiger partial charge in [-0.05, 0) is 56.4 Å². The minimum atomic E-state index is -4.82. The Morgan fingerprint density at radius 1 is 0.649 bits per heavy atom. The first-order chi connectivity index (χ1) is 17.4. The lowest BCUT2D eigenvalue weighted by molar-refractivity contribution is -0.388. The second-order valence-electron chi connectivity index (χ2n) is 9.57. The first kappa shape index (κ1) is 33.7. The van der Waals surface area contributed by atoms with Crippen molar-refractivity contribution in [1.82, 2.24) is 0 Å². The van der Waals surface area contributed by atoms with E-state index in [2.05, 4.69) is 6.92 Å². The van der Waals surface area contributed by atoms with Gasteiger partial charge in [-0.3, -0.25) is 0 Å². The van der Waals surface area contributed by atoms with Crippen molar-refractivity contribution in [2.75, 3.05) is 20.8 Å². The van der Waals surface area contributed by atoms with E-state index in [0.717, 1.165) is 50.7 Å². The number of hydrogen-bond acceptors (Lipinski definition) is 3. The van der Waals surface area contributed by atoms with Crippen LogP contribution in [0.1, 0.15) is 108 Å². The number of halogens is 6. The maximum atomic E-state index is 13.1. The van der Waals surface area contributed by atoms with Crippen molar-refractivity contribution < 1.29 is 40.6 Å². The molecule has 0 heterocycles. The Balaban J connectivity index is 2.67. The van der Waals surface area contributed by atoms with Gasteiger partial charge in [-0.25, -0.2) is 0 Å². The molecule has 9 heteroatoms. The van der Waals surface area contributed by atoms with Gasteiger partial charge in [0.2, 0.25) is 0 Å². The van der Waals surface area contributed by atoms with Crippen LogP contribution in [0.2, 0.25) is 0 Å². The average molecular weight is 543 g/mol. The van der Waals surface area contributed by atoms with E-state index in [9.17, 15) is 26.3 Å². The molecule has 0 saturated carbocycles. The summed E-state index contributed by atoms with van der Waals surface area (Å²) in [6.07, 6.45) is 2.03. The summed E-state index contributed by atoms with van der Waals surface area (Å²) in [5.41, 5.74) is -2.47. The molecule has 216 valence electrons. The standard InChI is InChI=1S/C28H44F6O3/c1-5-7-8-9-10-14-17-23(28(35-3,36-4)37-6-2)18-15-12-11-13-16-22-19-24(26(29,30)31)21-25(20-22)27(32,33)34/h19-21,23H,5-18H2,1-4H3. The third-order valence-electron chi connectivity index (χ3n) is 6.74. The molecule has 0 aliphatic rings. The van der Waals surface area contributed by atoms with E-state index < -0.39 is 29.5 Å². The molecule has 1 rings (SSSR count). The van der Waals surface area contributed by atoms with Gasteiger partial charge in [0, 0.05) is 26.7 Å². The molecule has 1 atom stereocenters. The highest BCUT2D eigenvalue weighted by Crippen LogP contribution is 2.37. The minimum absolute atomic E-state index is 0.0198. The Labute approximate surface area is 218 Å². The summed E-state index contributed by atoms with van der Waals surface area (Å²) in [5.74, 6) is -1.10. The van der Waals surface area contributed by atoms with Crippen LogP contribution in [0.15, 0.2) is 18.2 Å². The predicted octanol–water partition coefficient (Wildman–Crippen LogP) is 9.57. The van der Waals surface area contributed by atoms with Crippen molar-refractivity contribution >= 4 is 0 Å². The normalized spacial score (nSPS) is 13.8.